The number of carbonyl (C=O) groups is 3. The number of fused-ring (bicyclic) bond motifs is 1. The molecule has 3 aliphatic heterocycles. The van der Waals surface area contributed by atoms with Gasteiger partial charge in [0.1, 0.15) is 17.6 Å². The van der Waals surface area contributed by atoms with Crippen molar-refractivity contribution in [2.75, 3.05) is 18.5 Å². The minimum Gasteiger partial charge on any atom is -0.466 e. The lowest BCUT2D eigenvalue weighted by atomic mass is 9.62. The molecule has 9 heteroatoms. The predicted octanol–water partition coefficient (Wildman–Crippen LogP) is 2.62. The van der Waals surface area contributed by atoms with E-state index in [1.54, 1.807) is 31.2 Å². The van der Waals surface area contributed by atoms with Gasteiger partial charge in [0.2, 0.25) is 11.8 Å². The second-order valence-electron chi connectivity index (χ2n) is 9.42. The fourth-order valence-corrected chi connectivity index (χ4v) is 6.32. The van der Waals surface area contributed by atoms with E-state index < -0.39 is 47.0 Å². The Morgan fingerprint density at radius 1 is 1.36 bits per heavy atom. The fourth-order valence-electron chi connectivity index (χ4n) is 6.14. The summed E-state index contributed by atoms with van der Waals surface area (Å²) in [5.74, 6) is -3.07. The largest absolute Gasteiger partial charge is 0.466 e. The molecule has 2 bridgehead atoms. The maximum absolute atomic E-state index is 13.9. The zero-order chi connectivity index (χ0) is 24.1. The lowest BCUT2D eigenvalue weighted by molar-refractivity contribution is -0.161. The van der Waals surface area contributed by atoms with Crippen molar-refractivity contribution >= 4 is 35.1 Å². The predicted molar refractivity (Wildman–Crippen MR) is 121 cm³/mol. The summed E-state index contributed by atoms with van der Waals surface area (Å²) in [5, 5.41) is 13.3. The first-order valence-corrected chi connectivity index (χ1v) is 11.9. The normalized spacial score (nSPS) is 35.5. The van der Waals surface area contributed by atoms with Gasteiger partial charge in [-0.1, -0.05) is 37.6 Å². The number of likely N-dealkylation sites (tertiary alicyclic amines) is 1. The molecule has 0 aromatic heterocycles. The first kappa shape index (κ1) is 24.0. The number of para-hydroxylation sites is 1. The van der Waals surface area contributed by atoms with Crippen LogP contribution in [0, 0.1) is 17.8 Å². The van der Waals surface area contributed by atoms with E-state index in [1.807, 2.05) is 20.8 Å². The van der Waals surface area contributed by atoms with Gasteiger partial charge in [0.25, 0.3) is 0 Å². The molecular formula is C24H31ClN2O6. The third kappa shape index (κ3) is 3.37. The fraction of sp³-hybridized carbons (Fsp3) is 0.625. The van der Waals surface area contributed by atoms with Crippen LogP contribution in [0.5, 0.6) is 0 Å². The number of anilines is 1. The van der Waals surface area contributed by atoms with Gasteiger partial charge in [-0.25, -0.2) is 0 Å². The van der Waals surface area contributed by atoms with Crippen LogP contribution in [0.1, 0.15) is 40.5 Å². The molecule has 7 atom stereocenters. The number of carbonyl (C=O) groups excluding carboxylic acids is 3. The molecule has 4 rings (SSSR count). The summed E-state index contributed by atoms with van der Waals surface area (Å²) in [4.78, 5) is 42.1. The summed E-state index contributed by atoms with van der Waals surface area (Å²) in [6.07, 6.45) is 0.882. The Bertz CT molecular complexity index is 968. The van der Waals surface area contributed by atoms with Gasteiger partial charge in [-0.15, -0.1) is 0 Å². The molecule has 3 heterocycles. The van der Waals surface area contributed by atoms with E-state index in [9.17, 15) is 19.5 Å². The molecule has 3 saturated heterocycles. The molecule has 3 fully saturated rings. The van der Waals surface area contributed by atoms with Crippen molar-refractivity contribution in [2.45, 2.75) is 63.8 Å². The van der Waals surface area contributed by atoms with Gasteiger partial charge in [-0.05, 0) is 44.7 Å². The van der Waals surface area contributed by atoms with E-state index in [0.29, 0.717) is 23.6 Å². The number of ether oxygens (including phenoxy) is 2. The monoisotopic (exact) mass is 478 g/mol. The van der Waals surface area contributed by atoms with E-state index in [2.05, 4.69) is 5.32 Å². The highest BCUT2D eigenvalue weighted by atomic mass is 35.5. The van der Waals surface area contributed by atoms with Crippen molar-refractivity contribution in [1.82, 2.24) is 4.90 Å². The number of esters is 1. The van der Waals surface area contributed by atoms with Crippen molar-refractivity contribution < 1.29 is 29.0 Å². The standard InChI is InChI=1S/C24H31ClN2O6/c1-5-14(12-28)27-19(20(29)26-16-10-8-7-9-15(16)25)24-11-13(3)23(4,33-24)18(17(24)21(27)30)22(31)32-6-2/h7-10,13-14,17-19,28H,5-6,11-12H2,1-4H3,(H,26,29)/t13?,14-,17-,18+,19?,23-,24?/m0/s1. The van der Waals surface area contributed by atoms with Crippen LogP contribution in [-0.4, -0.2) is 64.3 Å². The summed E-state index contributed by atoms with van der Waals surface area (Å²) in [6.45, 7) is 7.23. The van der Waals surface area contributed by atoms with E-state index in [1.165, 1.54) is 4.90 Å². The number of aliphatic hydroxyl groups excluding tert-OH is 1. The van der Waals surface area contributed by atoms with E-state index >= 15 is 0 Å². The van der Waals surface area contributed by atoms with Gasteiger partial charge in [-0.3, -0.25) is 14.4 Å². The third-order valence-electron chi connectivity index (χ3n) is 7.75. The van der Waals surface area contributed by atoms with Gasteiger partial charge in [0.15, 0.2) is 0 Å². The molecule has 3 unspecified atom stereocenters. The van der Waals surface area contributed by atoms with Crippen LogP contribution in [0.2, 0.25) is 5.02 Å². The van der Waals surface area contributed by atoms with E-state index in [0.717, 1.165) is 0 Å². The zero-order valence-corrected chi connectivity index (χ0v) is 20.1. The van der Waals surface area contributed by atoms with Gasteiger partial charge >= 0.3 is 5.97 Å². The molecule has 0 saturated carbocycles. The van der Waals surface area contributed by atoms with Crippen molar-refractivity contribution in [1.29, 1.82) is 0 Å². The molecule has 1 aromatic rings. The lowest BCUT2D eigenvalue weighted by Gasteiger charge is -2.36. The Balaban J connectivity index is 1.81. The molecule has 33 heavy (non-hydrogen) atoms. The summed E-state index contributed by atoms with van der Waals surface area (Å²) in [7, 11) is 0. The molecule has 3 aliphatic rings. The topological polar surface area (TPSA) is 105 Å². The number of hydrogen-bond donors (Lipinski definition) is 2. The maximum Gasteiger partial charge on any atom is 0.312 e. The van der Waals surface area contributed by atoms with Crippen LogP contribution in [0.4, 0.5) is 5.69 Å². The minimum absolute atomic E-state index is 0.0827. The van der Waals surface area contributed by atoms with Crippen LogP contribution >= 0.6 is 11.6 Å². The smallest absolute Gasteiger partial charge is 0.312 e. The lowest BCUT2D eigenvalue weighted by Crippen LogP contribution is -2.56. The third-order valence-corrected chi connectivity index (χ3v) is 8.08. The Hall–Kier alpha value is -2.16. The second kappa shape index (κ2) is 8.56. The molecule has 2 amide bonds. The number of aliphatic hydroxyl groups is 1. The highest BCUT2D eigenvalue weighted by Gasteiger charge is 2.80. The molecular weight excluding hydrogens is 448 g/mol. The number of nitrogens with one attached hydrogen (secondary N) is 1. The second-order valence-corrected chi connectivity index (χ2v) is 9.82. The Morgan fingerprint density at radius 2 is 2.06 bits per heavy atom. The number of nitrogens with zero attached hydrogens (tertiary/aromatic N) is 1. The molecule has 0 aliphatic carbocycles. The maximum atomic E-state index is 13.9. The van der Waals surface area contributed by atoms with Crippen molar-refractivity contribution in [3.63, 3.8) is 0 Å². The number of benzene rings is 1. The molecule has 1 aromatic carbocycles. The van der Waals surface area contributed by atoms with Crippen LogP contribution in [0.15, 0.2) is 24.3 Å². The Morgan fingerprint density at radius 3 is 2.67 bits per heavy atom. The van der Waals surface area contributed by atoms with Gasteiger partial charge in [0.05, 0.1) is 41.5 Å². The number of hydrogen-bond acceptors (Lipinski definition) is 6. The van der Waals surface area contributed by atoms with E-state index in [4.69, 9.17) is 21.1 Å². The van der Waals surface area contributed by atoms with Crippen LogP contribution in [0.3, 0.4) is 0 Å². The first-order chi connectivity index (χ1) is 15.7. The Kier molecular flexibility index (Phi) is 6.22. The summed E-state index contributed by atoms with van der Waals surface area (Å²) >= 11 is 6.26. The zero-order valence-electron chi connectivity index (χ0n) is 19.3. The van der Waals surface area contributed by atoms with Gasteiger partial charge < -0.3 is 24.8 Å². The number of amides is 2. The Labute approximate surface area is 198 Å². The van der Waals surface area contributed by atoms with Crippen LogP contribution in [0.25, 0.3) is 0 Å². The SMILES string of the molecule is CCOC(=O)[C@H]1[C@H]2C(=O)N([C@@H](CC)CO)C(C(=O)Nc3ccccc3Cl)C23CC(C)[C@]1(C)O3. The van der Waals surface area contributed by atoms with Gasteiger partial charge in [0, 0.05) is 0 Å². The highest BCUT2D eigenvalue weighted by Crippen LogP contribution is 2.65. The molecule has 0 radical (unpaired) electrons. The summed E-state index contributed by atoms with van der Waals surface area (Å²) in [5.41, 5.74) is -1.71. The van der Waals surface area contributed by atoms with Crippen molar-refractivity contribution in [3.8, 4) is 0 Å². The average molecular weight is 479 g/mol. The van der Waals surface area contributed by atoms with Crippen LogP contribution < -0.4 is 5.32 Å². The minimum atomic E-state index is -1.20. The number of halogens is 1. The average Bonchev–Trinajstić information content (AvgIpc) is 3.28. The number of rotatable bonds is 7. The summed E-state index contributed by atoms with van der Waals surface area (Å²) in [6, 6.07) is 5.24. The first-order valence-electron chi connectivity index (χ1n) is 11.5. The van der Waals surface area contributed by atoms with Gasteiger partial charge in [-0.2, -0.15) is 0 Å². The molecule has 8 nitrogen and oxygen atoms in total. The van der Waals surface area contributed by atoms with Crippen molar-refractivity contribution in [2.24, 2.45) is 17.8 Å². The molecule has 1 spiro atoms. The van der Waals surface area contributed by atoms with Crippen LogP contribution in [-0.2, 0) is 23.9 Å². The molecule has 180 valence electrons. The van der Waals surface area contributed by atoms with E-state index in [-0.39, 0.29) is 25.0 Å². The summed E-state index contributed by atoms with van der Waals surface area (Å²) < 4.78 is 11.9. The molecule has 2 N–H and O–H groups in total. The highest BCUT2D eigenvalue weighted by molar-refractivity contribution is 6.33. The quantitative estimate of drug-likeness (QED) is 0.584. The van der Waals surface area contributed by atoms with Crippen molar-refractivity contribution in [3.05, 3.63) is 29.3 Å².